The molecule has 3 aromatic rings. The molecule has 0 atom stereocenters. The zero-order valence-corrected chi connectivity index (χ0v) is 21.1. The highest BCUT2D eigenvalue weighted by atomic mass is 35.5. The second-order valence-corrected chi connectivity index (χ2v) is 8.77. The summed E-state index contributed by atoms with van der Waals surface area (Å²) in [5.41, 5.74) is 2.92. The molecule has 0 unspecified atom stereocenters. The Morgan fingerprint density at radius 1 is 1.00 bits per heavy atom. The first kappa shape index (κ1) is 25.4. The quantitative estimate of drug-likeness (QED) is 0.190. The molecule has 0 radical (unpaired) electrons. The molecule has 1 N–H and O–H groups in total. The van der Waals surface area contributed by atoms with Gasteiger partial charge >= 0.3 is 6.03 Å². The van der Waals surface area contributed by atoms with Crippen molar-refractivity contribution in [3.63, 3.8) is 0 Å². The summed E-state index contributed by atoms with van der Waals surface area (Å²) < 4.78 is 12.0. The van der Waals surface area contributed by atoms with Crippen LogP contribution in [0.5, 0.6) is 11.5 Å². The molecule has 0 aliphatic carbocycles. The van der Waals surface area contributed by atoms with Crippen LogP contribution in [0.1, 0.15) is 23.6 Å². The van der Waals surface area contributed by atoms with Gasteiger partial charge in [0.25, 0.3) is 5.91 Å². The van der Waals surface area contributed by atoms with Crippen molar-refractivity contribution in [3.05, 3.63) is 106 Å². The third-order valence-electron chi connectivity index (χ3n) is 5.41. The number of carbonyl (C=O) groups excluding carboxylic acids is 2. The predicted molar refractivity (Wildman–Crippen MR) is 143 cm³/mol. The minimum Gasteiger partial charge on any atom is -0.490 e. The predicted octanol–water partition coefficient (Wildman–Crippen LogP) is 6.80. The molecule has 1 aliphatic rings. The van der Waals surface area contributed by atoms with Gasteiger partial charge in [0, 0.05) is 21.2 Å². The van der Waals surface area contributed by atoms with Gasteiger partial charge in [0.2, 0.25) is 0 Å². The first-order chi connectivity index (χ1) is 17.4. The van der Waals surface area contributed by atoms with Crippen LogP contribution < -0.4 is 19.7 Å². The molecule has 0 saturated carbocycles. The van der Waals surface area contributed by atoms with Crippen molar-refractivity contribution in [3.8, 4) is 11.5 Å². The summed E-state index contributed by atoms with van der Waals surface area (Å²) in [7, 11) is 0. The first-order valence-corrected chi connectivity index (χ1v) is 12.1. The van der Waals surface area contributed by atoms with E-state index >= 15 is 0 Å². The van der Waals surface area contributed by atoms with Crippen molar-refractivity contribution >= 4 is 46.9 Å². The Hall–Kier alpha value is -3.74. The standard InChI is InChI=1S/C28H24Cl2N2O4/c1-3-8-19-13-18(14-24-27(33)32(28(34)31-24)22-9-6-5-7-10-22)15-25(35-4-2)26(19)36-17-20-11-12-21(29)16-23(20)30/h3,5-7,9-16H,1,4,8,17H2,2H3,(H,31,34)/b24-14+. The van der Waals surface area contributed by atoms with Gasteiger partial charge in [-0.2, -0.15) is 0 Å². The molecule has 6 nitrogen and oxygen atoms in total. The monoisotopic (exact) mass is 522 g/mol. The number of urea groups is 1. The van der Waals surface area contributed by atoms with Gasteiger partial charge < -0.3 is 14.8 Å². The lowest BCUT2D eigenvalue weighted by atomic mass is 10.0. The molecular weight excluding hydrogens is 499 g/mol. The van der Waals surface area contributed by atoms with Gasteiger partial charge in [0.1, 0.15) is 12.3 Å². The van der Waals surface area contributed by atoms with Gasteiger partial charge in [-0.15, -0.1) is 6.58 Å². The Morgan fingerprint density at radius 2 is 1.78 bits per heavy atom. The molecule has 0 bridgehead atoms. The lowest BCUT2D eigenvalue weighted by Gasteiger charge is -2.17. The van der Waals surface area contributed by atoms with E-state index in [2.05, 4.69) is 11.9 Å². The van der Waals surface area contributed by atoms with Gasteiger partial charge in [0.05, 0.1) is 12.3 Å². The summed E-state index contributed by atoms with van der Waals surface area (Å²) in [5.74, 6) is 0.621. The molecule has 8 heteroatoms. The molecule has 1 aliphatic heterocycles. The average Bonchev–Trinajstić information content (AvgIpc) is 3.13. The SMILES string of the molecule is C=CCc1cc(/C=C2/NC(=O)N(c3ccccc3)C2=O)cc(OCC)c1OCc1ccc(Cl)cc1Cl. The van der Waals surface area contributed by atoms with Crippen LogP contribution in [0.25, 0.3) is 6.08 Å². The molecule has 3 amide bonds. The first-order valence-electron chi connectivity index (χ1n) is 11.3. The van der Waals surface area contributed by atoms with Crippen LogP contribution in [0.3, 0.4) is 0 Å². The van der Waals surface area contributed by atoms with E-state index < -0.39 is 11.9 Å². The van der Waals surface area contributed by atoms with Gasteiger partial charge in [-0.3, -0.25) is 4.79 Å². The van der Waals surface area contributed by atoms with Crippen molar-refractivity contribution < 1.29 is 19.1 Å². The van der Waals surface area contributed by atoms with E-state index in [0.29, 0.717) is 45.8 Å². The normalized spacial score (nSPS) is 14.2. The minimum absolute atomic E-state index is 0.164. The maximum absolute atomic E-state index is 13.0. The second kappa shape index (κ2) is 11.3. The molecule has 1 heterocycles. The molecule has 1 fully saturated rings. The summed E-state index contributed by atoms with van der Waals surface area (Å²) in [6.07, 6.45) is 3.87. The van der Waals surface area contributed by atoms with E-state index in [0.717, 1.165) is 16.0 Å². The van der Waals surface area contributed by atoms with Crippen LogP contribution in [-0.4, -0.2) is 18.5 Å². The summed E-state index contributed by atoms with van der Waals surface area (Å²) in [5, 5.41) is 3.71. The zero-order valence-electron chi connectivity index (χ0n) is 19.6. The van der Waals surface area contributed by atoms with Gasteiger partial charge in [-0.25, -0.2) is 9.69 Å². The number of imide groups is 1. The number of hydrogen-bond donors (Lipinski definition) is 1. The smallest absolute Gasteiger partial charge is 0.333 e. The molecule has 3 aromatic carbocycles. The van der Waals surface area contributed by atoms with Gasteiger partial charge in [-0.1, -0.05) is 53.5 Å². The van der Waals surface area contributed by atoms with Crippen molar-refractivity contribution in [2.24, 2.45) is 0 Å². The Bertz CT molecular complexity index is 1340. The lowest BCUT2D eigenvalue weighted by Crippen LogP contribution is -2.30. The summed E-state index contributed by atoms with van der Waals surface area (Å²) >= 11 is 12.3. The number of anilines is 1. The number of nitrogens with one attached hydrogen (secondary N) is 1. The molecule has 0 aromatic heterocycles. The van der Waals surface area contributed by atoms with Crippen LogP contribution >= 0.6 is 23.2 Å². The number of nitrogens with zero attached hydrogens (tertiary/aromatic N) is 1. The van der Waals surface area contributed by atoms with Crippen molar-refractivity contribution in [2.45, 2.75) is 20.0 Å². The number of allylic oxidation sites excluding steroid dienone is 1. The van der Waals surface area contributed by atoms with E-state index in [1.54, 1.807) is 54.6 Å². The van der Waals surface area contributed by atoms with Crippen LogP contribution in [0.2, 0.25) is 10.0 Å². The fourth-order valence-electron chi connectivity index (χ4n) is 3.80. The van der Waals surface area contributed by atoms with Gasteiger partial charge in [0.15, 0.2) is 11.5 Å². The molecule has 4 rings (SSSR count). The maximum Gasteiger partial charge on any atom is 0.333 e. The average molecular weight is 523 g/mol. The second-order valence-electron chi connectivity index (χ2n) is 7.92. The highest BCUT2D eigenvalue weighted by Crippen LogP contribution is 2.36. The van der Waals surface area contributed by atoms with Crippen LogP contribution in [0.15, 0.2) is 79.0 Å². The van der Waals surface area contributed by atoms with E-state index in [9.17, 15) is 9.59 Å². The number of hydrogen-bond acceptors (Lipinski definition) is 4. The van der Waals surface area contributed by atoms with Crippen molar-refractivity contribution in [2.75, 3.05) is 11.5 Å². The number of rotatable bonds is 9. The van der Waals surface area contributed by atoms with Crippen LogP contribution in [0.4, 0.5) is 10.5 Å². The van der Waals surface area contributed by atoms with Crippen LogP contribution in [0, 0.1) is 0 Å². The Labute approximate surface area is 219 Å². The molecule has 1 saturated heterocycles. The number of carbonyl (C=O) groups is 2. The van der Waals surface area contributed by atoms with Gasteiger partial charge in [-0.05, 0) is 61.4 Å². The lowest BCUT2D eigenvalue weighted by molar-refractivity contribution is -0.113. The van der Waals surface area contributed by atoms with E-state index in [4.69, 9.17) is 32.7 Å². The van der Waals surface area contributed by atoms with Crippen LogP contribution in [-0.2, 0) is 17.8 Å². The number of ether oxygens (including phenoxy) is 2. The van der Waals surface area contributed by atoms with Crippen molar-refractivity contribution in [1.82, 2.24) is 5.32 Å². The Balaban J connectivity index is 1.67. The largest absolute Gasteiger partial charge is 0.490 e. The fourth-order valence-corrected chi connectivity index (χ4v) is 4.27. The molecular formula is C28H24Cl2N2O4. The molecule has 184 valence electrons. The number of benzene rings is 3. The maximum atomic E-state index is 13.0. The highest BCUT2D eigenvalue weighted by molar-refractivity contribution is 6.35. The topological polar surface area (TPSA) is 67.9 Å². The van der Waals surface area contributed by atoms with E-state index in [1.807, 2.05) is 25.1 Å². The van der Waals surface area contributed by atoms with E-state index in [-0.39, 0.29) is 12.3 Å². The minimum atomic E-state index is -0.506. The summed E-state index contributed by atoms with van der Waals surface area (Å²) in [4.78, 5) is 26.6. The highest BCUT2D eigenvalue weighted by Gasteiger charge is 2.34. The number of amides is 3. The third-order valence-corrected chi connectivity index (χ3v) is 6.00. The number of para-hydroxylation sites is 1. The molecule has 0 spiro atoms. The van der Waals surface area contributed by atoms with Crippen molar-refractivity contribution in [1.29, 1.82) is 0 Å². The van der Waals surface area contributed by atoms with E-state index in [1.165, 1.54) is 0 Å². The zero-order chi connectivity index (χ0) is 25.7. The fraction of sp³-hybridized carbons (Fsp3) is 0.143. The third kappa shape index (κ3) is 5.56. The summed E-state index contributed by atoms with van der Waals surface area (Å²) in [6, 6.07) is 17.1. The molecule has 36 heavy (non-hydrogen) atoms. The summed E-state index contributed by atoms with van der Waals surface area (Å²) in [6.45, 7) is 6.33. The Morgan fingerprint density at radius 3 is 2.47 bits per heavy atom. The number of halogens is 2. The Kier molecular flexibility index (Phi) is 7.98.